The van der Waals surface area contributed by atoms with Crippen LogP contribution in [0, 0.1) is 23.2 Å². The van der Waals surface area contributed by atoms with E-state index in [1.165, 1.54) is 0 Å². The number of carbonyl (C=O) groups is 1. The predicted molar refractivity (Wildman–Crippen MR) is 148 cm³/mol. The van der Waals surface area contributed by atoms with Gasteiger partial charge < -0.3 is 10.0 Å². The molecule has 0 aromatic heterocycles. The van der Waals surface area contributed by atoms with E-state index in [4.69, 9.17) is 0 Å². The van der Waals surface area contributed by atoms with Crippen LogP contribution in [0.1, 0.15) is 75.3 Å². The second kappa shape index (κ2) is 13.0. The minimum atomic E-state index is -7.93. The van der Waals surface area contributed by atoms with Crippen molar-refractivity contribution in [2.24, 2.45) is 23.2 Å². The number of fused-ring (bicyclic) bond motifs is 5. The SMILES string of the molecule is CN(CCCC(F)C[C@@H]1Cc2cc(O)ccc2[C@H]2CC[C@]3(C)C(=O)CC[C@H]3[C@H]12)CCC(F)(F)C(F)(F)C(F)(F)C(F)(F)C(F)(F)C(F)(F)F. The van der Waals surface area contributed by atoms with Gasteiger partial charge in [0.15, 0.2) is 0 Å². The minimum absolute atomic E-state index is 0.0198. The Morgan fingerprint density at radius 1 is 0.898 bits per heavy atom. The molecule has 0 amide bonds. The average molecular weight is 734 g/mol. The molecule has 1 unspecified atom stereocenters. The minimum Gasteiger partial charge on any atom is -0.508 e. The van der Waals surface area contributed by atoms with Gasteiger partial charge in [-0.1, -0.05) is 13.0 Å². The summed E-state index contributed by atoms with van der Waals surface area (Å²) < 4.78 is 189. The highest BCUT2D eigenvalue weighted by atomic mass is 19.4. The van der Waals surface area contributed by atoms with Gasteiger partial charge in [-0.05, 0) is 105 Å². The fourth-order valence-corrected chi connectivity index (χ4v) is 8.21. The zero-order valence-electron chi connectivity index (χ0n) is 26.5. The van der Waals surface area contributed by atoms with Gasteiger partial charge in [0.05, 0.1) is 0 Å². The molecule has 3 nitrogen and oxygen atoms in total. The number of Topliss-reactive ketones (excluding diaryl/α,β-unsaturated/α-hetero) is 1. The number of nitrogens with zero attached hydrogens (tertiary/aromatic N) is 1. The van der Waals surface area contributed by atoms with Crippen LogP contribution in [0.2, 0.25) is 0 Å². The van der Waals surface area contributed by atoms with Crippen LogP contribution in [-0.4, -0.2) is 77.9 Å². The lowest BCUT2D eigenvalue weighted by atomic mass is 9.52. The summed E-state index contributed by atoms with van der Waals surface area (Å²) in [6.07, 6.45) is -8.49. The van der Waals surface area contributed by atoms with Crippen molar-refractivity contribution in [3.8, 4) is 5.75 Å². The van der Waals surface area contributed by atoms with E-state index < -0.39 is 60.3 Å². The first kappa shape index (κ1) is 39.5. The van der Waals surface area contributed by atoms with Crippen molar-refractivity contribution in [1.82, 2.24) is 4.90 Å². The number of hydrogen-bond acceptors (Lipinski definition) is 3. The van der Waals surface area contributed by atoms with Gasteiger partial charge in [0.25, 0.3) is 0 Å². The third kappa shape index (κ3) is 6.62. The fraction of sp³-hybridized carbons (Fsp3) is 0.781. The molecule has 2 fully saturated rings. The third-order valence-corrected chi connectivity index (χ3v) is 11.0. The molecule has 6 atom stereocenters. The van der Waals surface area contributed by atoms with Crippen molar-refractivity contribution in [2.75, 3.05) is 20.1 Å². The smallest absolute Gasteiger partial charge is 0.460 e. The number of hydrogen-bond donors (Lipinski definition) is 1. The van der Waals surface area contributed by atoms with Crippen LogP contribution < -0.4 is 0 Å². The highest BCUT2D eigenvalue weighted by molar-refractivity contribution is 5.87. The first-order chi connectivity index (χ1) is 22.2. The van der Waals surface area contributed by atoms with Crippen LogP contribution in [0.15, 0.2) is 18.2 Å². The van der Waals surface area contributed by atoms with Gasteiger partial charge in [-0.2, -0.15) is 57.1 Å². The van der Waals surface area contributed by atoms with Crippen molar-refractivity contribution >= 4 is 5.78 Å². The Labute approximate surface area is 273 Å². The van der Waals surface area contributed by atoms with Crippen LogP contribution in [0.4, 0.5) is 61.5 Å². The van der Waals surface area contributed by atoms with Crippen molar-refractivity contribution in [3.63, 3.8) is 0 Å². The topological polar surface area (TPSA) is 40.5 Å². The molecule has 49 heavy (non-hydrogen) atoms. The van der Waals surface area contributed by atoms with E-state index in [0.29, 0.717) is 32.1 Å². The average Bonchev–Trinajstić information content (AvgIpc) is 3.28. The Hall–Kier alpha value is -2.33. The summed E-state index contributed by atoms with van der Waals surface area (Å²) in [5, 5.41) is 10.1. The molecule has 3 aliphatic rings. The van der Waals surface area contributed by atoms with E-state index in [1.54, 1.807) is 12.1 Å². The van der Waals surface area contributed by atoms with E-state index in [-0.39, 0.29) is 61.0 Å². The molecule has 1 aromatic rings. The summed E-state index contributed by atoms with van der Waals surface area (Å²) in [7, 11) is 1.03. The third-order valence-electron chi connectivity index (χ3n) is 11.0. The monoisotopic (exact) mass is 733 g/mol. The Balaban J connectivity index is 1.36. The van der Waals surface area contributed by atoms with Gasteiger partial charge in [-0.25, -0.2) is 4.39 Å². The van der Waals surface area contributed by atoms with Crippen LogP contribution >= 0.6 is 0 Å². The van der Waals surface area contributed by atoms with Crippen molar-refractivity contribution in [3.05, 3.63) is 29.3 Å². The van der Waals surface area contributed by atoms with Crippen LogP contribution in [0.3, 0.4) is 0 Å². The number of rotatable bonds is 13. The lowest BCUT2D eigenvalue weighted by Gasteiger charge is -2.52. The Bertz CT molecular complexity index is 1370. The first-order valence-electron chi connectivity index (χ1n) is 15.9. The quantitative estimate of drug-likeness (QED) is 0.206. The highest BCUT2D eigenvalue weighted by Crippen LogP contribution is 2.63. The second-order valence-corrected chi connectivity index (χ2v) is 14.1. The molecule has 0 spiro atoms. The summed E-state index contributed by atoms with van der Waals surface area (Å²) >= 11 is 0. The molecular formula is C32H37F14NO2. The maximum atomic E-state index is 15.5. The van der Waals surface area contributed by atoms with Gasteiger partial charge in [0, 0.05) is 24.8 Å². The van der Waals surface area contributed by atoms with Crippen LogP contribution in [-0.2, 0) is 11.2 Å². The maximum absolute atomic E-state index is 15.5. The molecule has 3 aliphatic carbocycles. The summed E-state index contributed by atoms with van der Waals surface area (Å²) in [5.74, 6) is -36.9. The Morgan fingerprint density at radius 2 is 1.51 bits per heavy atom. The number of phenols is 1. The molecular weight excluding hydrogens is 696 g/mol. The van der Waals surface area contributed by atoms with E-state index in [1.807, 2.05) is 13.0 Å². The standard InChI is InChI=1S/C32H37F14NO2/c1-26-10-9-22-21-6-5-20(48)16-17(21)14-18(25(22)23(26)7-8-24(26)49)15-19(33)4-3-12-47(2)13-11-27(34,35)28(36,37)29(38,39)30(40,41)31(42,43)32(44,45)46/h5-6,16,18-19,22-23,25,48H,3-4,7-15H2,1-2H3/t18-,19?,22+,23-,25+,26-/m0/s1. The molecule has 0 aliphatic heterocycles. The number of phenolic OH excluding ortho intramolecular Hbond substituents is 1. The van der Waals surface area contributed by atoms with Crippen molar-refractivity contribution in [1.29, 1.82) is 0 Å². The molecule has 0 heterocycles. The number of carbonyl (C=O) groups excluding carboxylic acids is 1. The maximum Gasteiger partial charge on any atom is 0.460 e. The molecule has 0 saturated heterocycles. The highest BCUT2D eigenvalue weighted by Gasteiger charge is 2.90. The summed E-state index contributed by atoms with van der Waals surface area (Å²) in [6.45, 7) is 0.459. The Kier molecular flexibility index (Phi) is 10.5. The summed E-state index contributed by atoms with van der Waals surface area (Å²) in [4.78, 5) is 13.7. The van der Waals surface area contributed by atoms with Crippen molar-refractivity contribution in [2.45, 2.75) is 113 Å². The lowest BCUT2D eigenvalue weighted by Crippen LogP contribution is -2.70. The molecule has 0 bridgehead atoms. The largest absolute Gasteiger partial charge is 0.508 e. The molecule has 1 N–H and O–H groups in total. The zero-order chi connectivity index (χ0) is 37.2. The number of ketones is 1. The zero-order valence-corrected chi connectivity index (χ0v) is 26.5. The predicted octanol–water partition coefficient (Wildman–Crippen LogP) is 9.61. The van der Waals surface area contributed by atoms with Gasteiger partial charge in [-0.15, -0.1) is 0 Å². The van der Waals surface area contributed by atoms with E-state index in [9.17, 15) is 67.0 Å². The number of aromatic hydroxyl groups is 1. The van der Waals surface area contributed by atoms with Crippen molar-refractivity contribution < 1.29 is 71.4 Å². The lowest BCUT2D eigenvalue weighted by molar-refractivity contribution is -0.440. The van der Waals surface area contributed by atoms with E-state index >= 15 is 4.39 Å². The molecule has 280 valence electrons. The summed E-state index contributed by atoms with van der Waals surface area (Å²) in [6, 6.07) is 5.07. The van der Waals surface area contributed by atoms with Gasteiger partial charge in [0.1, 0.15) is 17.7 Å². The molecule has 4 rings (SSSR count). The molecule has 0 radical (unpaired) electrons. The normalized spacial score (nSPS) is 27.6. The van der Waals surface area contributed by atoms with Crippen LogP contribution in [0.25, 0.3) is 0 Å². The van der Waals surface area contributed by atoms with E-state index in [0.717, 1.165) is 23.1 Å². The van der Waals surface area contributed by atoms with Crippen LogP contribution in [0.5, 0.6) is 5.75 Å². The van der Waals surface area contributed by atoms with Gasteiger partial charge in [0.2, 0.25) is 0 Å². The summed E-state index contributed by atoms with van der Waals surface area (Å²) in [5.41, 5.74) is 1.39. The Morgan fingerprint density at radius 3 is 2.12 bits per heavy atom. The second-order valence-electron chi connectivity index (χ2n) is 14.1. The molecule has 2 saturated carbocycles. The van der Waals surface area contributed by atoms with Gasteiger partial charge >= 0.3 is 35.8 Å². The number of alkyl halides is 14. The number of benzene rings is 1. The molecule has 17 heteroatoms. The van der Waals surface area contributed by atoms with Gasteiger partial charge in [-0.3, -0.25) is 4.79 Å². The first-order valence-corrected chi connectivity index (χ1v) is 15.9. The number of halogens is 14. The fourth-order valence-electron chi connectivity index (χ4n) is 8.21. The van der Waals surface area contributed by atoms with E-state index in [2.05, 4.69) is 0 Å². The molecule has 1 aromatic carbocycles.